The van der Waals surface area contributed by atoms with Gasteiger partial charge in [-0.1, -0.05) is 54.1 Å². The lowest BCUT2D eigenvalue weighted by Crippen LogP contribution is -2.43. The fourth-order valence-electron chi connectivity index (χ4n) is 3.91. The minimum atomic E-state index is -0.401. The van der Waals surface area contributed by atoms with Gasteiger partial charge in [0.15, 0.2) is 0 Å². The largest absolute Gasteiger partial charge is 0.466 e. The first kappa shape index (κ1) is 17.9. The SMILES string of the molecule is COC(=O)C1=C(C)NC2=CC(C)(C)CC(=O)C2C1c1ccccc1Br. The number of ether oxygens (including phenoxy) is 1. The van der Waals surface area contributed by atoms with Crippen molar-refractivity contribution in [3.63, 3.8) is 0 Å². The third kappa shape index (κ3) is 3.17. The number of methoxy groups -OCH3 is 1. The van der Waals surface area contributed by atoms with Crippen LogP contribution in [0.25, 0.3) is 0 Å². The van der Waals surface area contributed by atoms with E-state index in [9.17, 15) is 9.59 Å². The molecule has 2 atom stereocenters. The number of allylic oxidation sites excluding steroid dienone is 3. The lowest BCUT2D eigenvalue weighted by molar-refractivity contribution is -0.136. The number of fused-ring (bicyclic) bond motifs is 1. The number of Topliss-reactive ketones (excluding diaryl/α,β-unsaturated/α-hetero) is 1. The van der Waals surface area contributed by atoms with E-state index in [0.717, 1.165) is 21.4 Å². The maximum Gasteiger partial charge on any atom is 0.336 e. The molecule has 0 bridgehead atoms. The average Bonchev–Trinajstić information content (AvgIpc) is 2.52. The topological polar surface area (TPSA) is 55.4 Å². The van der Waals surface area contributed by atoms with E-state index >= 15 is 0 Å². The maximum atomic E-state index is 13.0. The molecular formula is C20H22BrNO3. The van der Waals surface area contributed by atoms with Gasteiger partial charge < -0.3 is 10.1 Å². The third-order valence-corrected chi connectivity index (χ3v) is 5.61. The predicted octanol–water partition coefficient (Wildman–Crippen LogP) is 4.08. The molecule has 0 radical (unpaired) electrons. The zero-order valence-electron chi connectivity index (χ0n) is 14.9. The van der Waals surface area contributed by atoms with Crippen LogP contribution in [0.1, 0.15) is 38.7 Å². The minimum Gasteiger partial charge on any atom is -0.466 e. The van der Waals surface area contributed by atoms with Gasteiger partial charge >= 0.3 is 5.97 Å². The van der Waals surface area contributed by atoms with Crippen molar-refractivity contribution in [3.8, 4) is 0 Å². The molecule has 5 heteroatoms. The zero-order valence-corrected chi connectivity index (χ0v) is 16.4. The van der Waals surface area contributed by atoms with Gasteiger partial charge in [-0.25, -0.2) is 4.79 Å². The van der Waals surface area contributed by atoms with Crippen LogP contribution in [0.4, 0.5) is 0 Å². The molecule has 1 N–H and O–H groups in total. The molecule has 0 saturated carbocycles. The van der Waals surface area contributed by atoms with Crippen molar-refractivity contribution < 1.29 is 14.3 Å². The van der Waals surface area contributed by atoms with Crippen LogP contribution in [-0.4, -0.2) is 18.9 Å². The monoisotopic (exact) mass is 403 g/mol. The summed E-state index contributed by atoms with van der Waals surface area (Å²) in [5.74, 6) is -1.02. The van der Waals surface area contributed by atoms with Crippen LogP contribution in [0.2, 0.25) is 0 Å². The molecule has 0 fully saturated rings. The van der Waals surface area contributed by atoms with Crippen LogP contribution in [0, 0.1) is 11.3 Å². The Morgan fingerprint density at radius 3 is 2.60 bits per heavy atom. The molecule has 1 aromatic rings. The van der Waals surface area contributed by atoms with Gasteiger partial charge in [0, 0.05) is 28.2 Å². The predicted molar refractivity (Wildman–Crippen MR) is 99.7 cm³/mol. The molecule has 3 rings (SSSR count). The fraction of sp³-hybridized carbons (Fsp3) is 0.400. The zero-order chi connectivity index (χ0) is 18.4. The van der Waals surface area contributed by atoms with Gasteiger partial charge in [0.25, 0.3) is 0 Å². The Kier molecular flexibility index (Phi) is 4.62. The number of rotatable bonds is 2. The Bertz CT molecular complexity index is 807. The van der Waals surface area contributed by atoms with Crippen molar-refractivity contribution in [2.45, 2.75) is 33.1 Å². The molecule has 1 heterocycles. The molecule has 0 amide bonds. The van der Waals surface area contributed by atoms with Crippen LogP contribution in [-0.2, 0) is 14.3 Å². The number of hydrogen-bond donors (Lipinski definition) is 1. The summed E-state index contributed by atoms with van der Waals surface area (Å²) in [5.41, 5.74) is 2.86. The minimum absolute atomic E-state index is 0.143. The maximum absolute atomic E-state index is 13.0. The molecular weight excluding hydrogens is 382 g/mol. The summed E-state index contributed by atoms with van der Waals surface area (Å²) >= 11 is 3.58. The Hall–Kier alpha value is -1.88. The highest BCUT2D eigenvalue weighted by atomic mass is 79.9. The standard InChI is InChI=1S/C20H22BrNO3/c1-11-16(19(24)25-4)17(12-7-5-6-8-13(12)21)18-14(22-11)9-20(2,3)10-15(18)23/h5-9,17-18,22H,10H2,1-4H3. The molecule has 0 saturated heterocycles. The summed E-state index contributed by atoms with van der Waals surface area (Å²) in [5, 5.41) is 3.29. The van der Waals surface area contributed by atoms with E-state index in [1.165, 1.54) is 7.11 Å². The van der Waals surface area contributed by atoms with E-state index in [1.54, 1.807) is 0 Å². The second-order valence-corrected chi connectivity index (χ2v) is 8.22. The smallest absolute Gasteiger partial charge is 0.336 e. The van der Waals surface area contributed by atoms with E-state index in [2.05, 4.69) is 41.2 Å². The molecule has 2 unspecified atom stereocenters. The molecule has 0 spiro atoms. The first-order valence-corrected chi connectivity index (χ1v) is 9.10. The van der Waals surface area contributed by atoms with Gasteiger partial charge in [-0.15, -0.1) is 0 Å². The lowest BCUT2D eigenvalue weighted by Gasteiger charge is -2.41. The summed E-state index contributed by atoms with van der Waals surface area (Å²) < 4.78 is 5.91. The van der Waals surface area contributed by atoms with Gasteiger partial charge in [-0.05, 0) is 24.0 Å². The van der Waals surface area contributed by atoms with Crippen LogP contribution in [0.3, 0.4) is 0 Å². The highest BCUT2D eigenvalue weighted by Crippen LogP contribution is 2.48. The van der Waals surface area contributed by atoms with Gasteiger partial charge in [0.05, 0.1) is 18.6 Å². The van der Waals surface area contributed by atoms with Gasteiger partial charge in [0.1, 0.15) is 5.78 Å². The first-order chi connectivity index (χ1) is 11.7. The van der Waals surface area contributed by atoms with Crippen LogP contribution in [0.5, 0.6) is 0 Å². The van der Waals surface area contributed by atoms with Crippen molar-refractivity contribution in [3.05, 3.63) is 57.3 Å². The number of carbonyl (C=O) groups excluding carboxylic acids is 2. The number of benzene rings is 1. The molecule has 1 aromatic carbocycles. The molecule has 4 nitrogen and oxygen atoms in total. The van der Waals surface area contributed by atoms with Gasteiger partial charge in [-0.2, -0.15) is 0 Å². The second-order valence-electron chi connectivity index (χ2n) is 7.36. The highest BCUT2D eigenvalue weighted by molar-refractivity contribution is 9.10. The Balaban J connectivity index is 2.25. The second kappa shape index (κ2) is 6.45. The molecule has 2 aliphatic rings. The van der Waals surface area contributed by atoms with Crippen LogP contribution in [0.15, 0.2) is 51.8 Å². The summed E-state index contributed by atoms with van der Waals surface area (Å²) in [4.78, 5) is 25.5. The normalized spacial score (nSPS) is 25.0. The van der Waals surface area contributed by atoms with E-state index in [0.29, 0.717) is 12.0 Å². The Morgan fingerprint density at radius 2 is 1.96 bits per heavy atom. The number of esters is 1. The molecule has 1 aliphatic carbocycles. The summed E-state index contributed by atoms with van der Waals surface area (Å²) in [7, 11) is 1.37. The number of nitrogens with one attached hydrogen (secondary N) is 1. The van der Waals surface area contributed by atoms with E-state index in [-0.39, 0.29) is 17.1 Å². The van der Waals surface area contributed by atoms with Crippen LogP contribution >= 0.6 is 15.9 Å². The first-order valence-electron chi connectivity index (χ1n) is 8.31. The number of halogens is 1. The average molecular weight is 404 g/mol. The third-order valence-electron chi connectivity index (χ3n) is 4.88. The summed E-state index contributed by atoms with van der Waals surface area (Å²) in [6, 6.07) is 7.74. The Labute approximate surface area is 156 Å². The quantitative estimate of drug-likeness (QED) is 0.755. The van der Waals surface area contributed by atoms with Crippen molar-refractivity contribution in [2.75, 3.05) is 7.11 Å². The lowest BCUT2D eigenvalue weighted by atomic mass is 9.66. The molecule has 25 heavy (non-hydrogen) atoms. The Morgan fingerprint density at radius 1 is 1.28 bits per heavy atom. The number of hydrogen-bond acceptors (Lipinski definition) is 4. The summed E-state index contributed by atoms with van der Waals surface area (Å²) in [6.07, 6.45) is 2.58. The summed E-state index contributed by atoms with van der Waals surface area (Å²) in [6.45, 7) is 5.97. The van der Waals surface area contributed by atoms with Crippen molar-refractivity contribution >= 4 is 27.7 Å². The number of ketones is 1. The number of carbonyl (C=O) groups is 2. The fourth-order valence-corrected chi connectivity index (χ4v) is 4.44. The van der Waals surface area contributed by atoms with Crippen molar-refractivity contribution in [1.82, 2.24) is 5.32 Å². The van der Waals surface area contributed by atoms with E-state index in [4.69, 9.17) is 4.74 Å². The molecule has 1 aliphatic heterocycles. The van der Waals surface area contributed by atoms with E-state index in [1.807, 2.05) is 31.2 Å². The molecule has 132 valence electrons. The van der Waals surface area contributed by atoms with E-state index < -0.39 is 11.9 Å². The highest BCUT2D eigenvalue weighted by Gasteiger charge is 2.46. The van der Waals surface area contributed by atoms with Gasteiger partial charge in [0.2, 0.25) is 0 Å². The molecule has 0 aromatic heterocycles. The van der Waals surface area contributed by atoms with Gasteiger partial charge in [-0.3, -0.25) is 4.79 Å². The van der Waals surface area contributed by atoms with Crippen molar-refractivity contribution in [1.29, 1.82) is 0 Å². The van der Waals surface area contributed by atoms with Crippen LogP contribution < -0.4 is 5.32 Å². The van der Waals surface area contributed by atoms with Crippen molar-refractivity contribution in [2.24, 2.45) is 11.3 Å².